The monoisotopic (exact) mass is 406 g/mol. The van der Waals surface area contributed by atoms with Gasteiger partial charge >= 0.3 is 0 Å². The smallest absolute Gasteiger partial charge is 0.197 e. The highest BCUT2D eigenvalue weighted by molar-refractivity contribution is 9.10. The molecule has 0 saturated heterocycles. The molecule has 0 unspecified atom stereocenters. The molecule has 3 aromatic carbocycles. The molecule has 0 aliphatic carbocycles. The summed E-state index contributed by atoms with van der Waals surface area (Å²) in [6.45, 7) is 0. The summed E-state index contributed by atoms with van der Waals surface area (Å²) in [5.41, 5.74) is 2.73. The standard InChI is InChI=1S/C22H15BrO3/c1-25-17-12-8-15(9-13-17)22-20(18-4-2-3-5-19(18)26-22)21(24)14-6-10-16(23)11-7-14/h2-13H,1H3. The quantitative estimate of drug-likeness (QED) is 0.384. The number of methoxy groups -OCH3 is 1. The van der Waals surface area contributed by atoms with Gasteiger partial charge in [0.25, 0.3) is 0 Å². The SMILES string of the molecule is COc1ccc(-c2oc3ccccc3c2C(=O)c2ccc(Br)cc2)cc1. The summed E-state index contributed by atoms with van der Waals surface area (Å²) >= 11 is 3.41. The second-order valence-corrected chi connectivity index (χ2v) is 6.78. The third-order valence-electron chi connectivity index (χ3n) is 4.28. The minimum Gasteiger partial charge on any atom is -0.497 e. The van der Waals surface area contributed by atoms with Crippen LogP contribution >= 0.6 is 15.9 Å². The van der Waals surface area contributed by atoms with Crippen molar-refractivity contribution in [2.75, 3.05) is 7.11 Å². The average molecular weight is 407 g/mol. The number of para-hydroxylation sites is 1. The summed E-state index contributed by atoms with van der Waals surface area (Å²) in [5, 5.41) is 0.811. The maximum Gasteiger partial charge on any atom is 0.197 e. The van der Waals surface area contributed by atoms with Gasteiger partial charge in [-0.3, -0.25) is 4.79 Å². The number of fused-ring (bicyclic) bond motifs is 1. The van der Waals surface area contributed by atoms with E-state index in [2.05, 4.69) is 15.9 Å². The van der Waals surface area contributed by atoms with Gasteiger partial charge in [-0.15, -0.1) is 0 Å². The lowest BCUT2D eigenvalue weighted by atomic mass is 9.97. The van der Waals surface area contributed by atoms with Crippen molar-refractivity contribution in [2.24, 2.45) is 0 Å². The number of benzene rings is 3. The van der Waals surface area contributed by atoms with Gasteiger partial charge in [-0.25, -0.2) is 0 Å². The second-order valence-electron chi connectivity index (χ2n) is 5.87. The fourth-order valence-corrected chi connectivity index (χ4v) is 3.23. The average Bonchev–Trinajstić information content (AvgIpc) is 3.07. The van der Waals surface area contributed by atoms with Gasteiger partial charge in [0.05, 0.1) is 12.7 Å². The van der Waals surface area contributed by atoms with E-state index in [4.69, 9.17) is 9.15 Å². The summed E-state index contributed by atoms with van der Waals surface area (Å²) in [6.07, 6.45) is 0. The molecule has 0 atom stereocenters. The molecule has 4 aromatic rings. The third-order valence-corrected chi connectivity index (χ3v) is 4.81. The molecule has 3 nitrogen and oxygen atoms in total. The van der Waals surface area contributed by atoms with E-state index in [1.165, 1.54) is 0 Å². The van der Waals surface area contributed by atoms with Crippen LogP contribution in [0.1, 0.15) is 15.9 Å². The second kappa shape index (κ2) is 6.81. The van der Waals surface area contributed by atoms with E-state index in [0.717, 1.165) is 21.2 Å². The molecule has 0 N–H and O–H groups in total. The van der Waals surface area contributed by atoms with Gasteiger partial charge in [0.1, 0.15) is 17.1 Å². The first-order chi connectivity index (χ1) is 12.7. The Morgan fingerprint density at radius 3 is 2.31 bits per heavy atom. The number of halogens is 1. The van der Waals surface area contributed by atoms with Crippen LogP contribution in [0, 0.1) is 0 Å². The van der Waals surface area contributed by atoms with Gasteiger partial charge in [0.2, 0.25) is 0 Å². The summed E-state index contributed by atoms with van der Waals surface area (Å²) in [6, 6.07) is 22.5. The molecule has 4 heteroatoms. The van der Waals surface area contributed by atoms with Gasteiger partial charge in [-0.1, -0.05) is 34.1 Å². The van der Waals surface area contributed by atoms with Gasteiger partial charge in [0, 0.05) is 21.0 Å². The van der Waals surface area contributed by atoms with Crippen molar-refractivity contribution < 1.29 is 13.9 Å². The zero-order valence-corrected chi connectivity index (χ0v) is 15.6. The predicted octanol–water partition coefficient (Wildman–Crippen LogP) is 6.10. The van der Waals surface area contributed by atoms with E-state index in [9.17, 15) is 4.79 Å². The highest BCUT2D eigenvalue weighted by Gasteiger charge is 2.23. The Hall–Kier alpha value is -2.85. The van der Waals surface area contributed by atoms with E-state index < -0.39 is 0 Å². The molecule has 26 heavy (non-hydrogen) atoms. The molecule has 1 aromatic heterocycles. The van der Waals surface area contributed by atoms with Crippen LogP contribution in [-0.4, -0.2) is 12.9 Å². The van der Waals surface area contributed by atoms with Crippen LogP contribution < -0.4 is 4.74 Å². The van der Waals surface area contributed by atoms with Crippen molar-refractivity contribution in [3.8, 4) is 17.1 Å². The van der Waals surface area contributed by atoms with Gasteiger partial charge < -0.3 is 9.15 Å². The minimum atomic E-state index is -0.0618. The fourth-order valence-electron chi connectivity index (χ4n) is 2.96. The first-order valence-electron chi connectivity index (χ1n) is 8.13. The van der Waals surface area contributed by atoms with Crippen molar-refractivity contribution in [3.05, 3.63) is 88.4 Å². The summed E-state index contributed by atoms with van der Waals surface area (Å²) in [5.74, 6) is 1.26. The Morgan fingerprint density at radius 1 is 0.923 bits per heavy atom. The van der Waals surface area contributed by atoms with Gasteiger partial charge in [-0.2, -0.15) is 0 Å². The Bertz CT molecular complexity index is 1080. The largest absolute Gasteiger partial charge is 0.497 e. The highest BCUT2D eigenvalue weighted by atomic mass is 79.9. The Balaban J connectivity index is 1.91. The van der Waals surface area contributed by atoms with E-state index in [1.807, 2.05) is 72.8 Å². The summed E-state index contributed by atoms with van der Waals surface area (Å²) in [4.78, 5) is 13.2. The van der Waals surface area contributed by atoms with Crippen molar-refractivity contribution in [3.63, 3.8) is 0 Å². The molecular formula is C22H15BrO3. The molecule has 128 valence electrons. The lowest BCUT2D eigenvalue weighted by Gasteiger charge is -2.05. The van der Waals surface area contributed by atoms with Crippen molar-refractivity contribution in [1.82, 2.24) is 0 Å². The van der Waals surface area contributed by atoms with Gasteiger partial charge in [-0.05, 0) is 54.6 Å². The number of furan rings is 1. The van der Waals surface area contributed by atoms with Crippen molar-refractivity contribution in [1.29, 1.82) is 0 Å². The number of ether oxygens (including phenoxy) is 1. The van der Waals surface area contributed by atoms with Crippen LogP contribution in [0.5, 0.6) is 5.75 Å². The van der Waals surface area contributed by atoms with Crippen molar-refractivity contribution in [2.45, 2.75) is 0 Å². The maximum absolute atomic E-state index is 13.2. The third kappa shape index (κ3) is 2.93. The summed E-state index contributed by atoms with van der Waals surface area (Å²) in [7, 11) is 1.62. The lowest BCUT2D eigenvalue weighted by Crippen LogP contribution is -2.02. The molecule has 0 amide bonds. The fraction of sp³-hybridized carbons (Fsp3) is 0.0455. The number of hydrogen-bond acceptors (Lipinski definition) is 3. The number of carbonyl (C=O) groups is 1. The summed E-state index contributed by atoms with van der Waals surface area (Å²) < 4.78 is 12.2. The molecule has 0 spiro atoms. The van der Waals surface area contributed by atoms with E-state index >= 15 is 0 Å². The Labute approximate surface area is 159 Å². The molecule has 0 fully saturated rings. The molecule has 0 bridgehead atoms. The molecule has 1 heterocycles. The number of carbonyl (C=O) groups excluding carboxylic acids is 1. The van der Waals surface area contributed by atoms with Crippen LogP contribution in [0.3, 0.4) is 0 Å². The normalized spacial score (nSPS) is 10.8. The van der Waals surface area contributed by atoms with Crippen LogP contribution in [0.2, 0.25) is 0 Å². The highest BCUT2D eigenvalue weighted by Crippen LogP contribution is 2.35. The maximum atomic E-state index is 13.2. The molecule has 0 aliphatic heterocycles. The van der Waals surface area contributed by atoms with E-state index in [-0.39, 0.29) is 5.78 Å². The Kier molecular flexibility index (Phi) is 4.35. The zero-order chi connectivity index (χ0) is 18.1. The van der Waals surface area contributed by atoms with Gasteiger partial charge in [0.15, 0.2) is 5.78 Å². The molecule has 0 radical (unpaired) electrons. The Morgan fingerprint density at radius 2 is 1.62 bits per heavy atom. The molecular weight excluding hydrogens is 392 g/mol. The van der Waals surface area contributed by atoms with Crippen LogP contribution in [0.4, 0.5) is 0 Å². The topological polar surface area (TPSA) is 39.4 Å². The molecule has 0 saturated carbocycles. The lowest BCUT2D eigenvalue weighted by molar-refractivity contribution is 0.104. The van der Waals surface area contributed by atoms with Crippen molar-refractivity contribution >= 4 is 32.7 Å². The van der Waals surface area contributed by atoms with E-state index in [0.29, 0.717) is 22.5 Å². The van der Waals surface area contributed by atoms with Crippen LogP contribution in [-0.2, 0) is 0 Å². The van der Waals surface area contributed by atoms with Crippen LogP contribution in [0.15, 0.2) is 81.7 Å². The first kappa shape index (κ1) is 16.6. The number of rotatable bonds is 4. The van der Waals surface area contributed by atoms with Crippen LogP contribution in [0.25, 0.3) is 22.3 Å². The first-order valence-corrected chi connectivity index (χ1v) is 8.93. The predicted molar refractivity (Wildman–Crippen MR) is 106 cm³/mol. The number of hydrogen-bond donors (Lipinski definition) is 0. The molecule has 4 rings (SSSR count). The van der Waals surface area contributed by atoms with E-state index in [1.54, 1.807) is 7.11 Å². The molecule has 0 aliphatic rings. The minimum absolute atomic E-state index is 0.0618. The zero-order valence-electron chi connectivity index (χ0n) is 14.0. The number of ketones is 1.